The van der Waals surface area contributed by atoms with E-state index in [4.69, 9.17) is 0 Å². The number of nitrogens with one attached hydrogen (secondary N) is 1. The maximum Gasteiger partial charge on any atom is 0.279 e. The Balaban J connectivity index is 1.78. The van der Waals surface area contributed by atoms with Gasteiger partial charge in [-0.3, -0.25) is 0 Å². The van der Waals surface area contributed by atoms with Gasteiger partial charge >= 0.3 is 0 Å². The molecule has 0 aromatic heterocycles. The molecule has 1 aliphatic rings. The zero-order chi connectivity index (χ0) is 16.2. The summed E-state index contributed by atoms with van der Waals surface area (Å²) < 4.78 is 41.1. The van der Waals surface area contributed by atoms with Crippen molar-refractivity contribution in [2.24, 2.45) is 0 Å². The van der Waals surface area contributed by atoms with Crippen LogP contribution in [0.1, 0.15) is 19.4 Å². The van der Waals surface area contributed by atoms with Crippen LogP contribution < -0.4 is 4.72 Å². The topological polar surface area (TPSA) is 52.7 Å². The van der Waals surface area contributed by atoms with Crippen molar-refractivity contribution in [3.63, 3.8) is 0 Å². The molecule has 1 fully saturated rings. The van der Waals surface area contributed by atoms with Crippen molar-refractivity contribution >= 4 is 10.2 Å². The second kappa shape index (κ2) is 7.50. The molecule has 0 unspecified atom stereocenters. The Labute approximate surface area is 132 Å². The van der Waals surface area contributed by atoms with E-state index in [9.17, 15) is 12.8 Å². The van der Waals surface area contributed by atoms with Gasteiger partial charge in [0.2, 0.25) is 0 Å². The van der Waals surface area contributed by atoms with Gasteiger partial charge in [-0.2, -0.15) is 17.4 Å². The van der Waals surface area contributed by atoms with Crippen molar-refractivity contribution in [1.82, 2.24) is 13.9 Å². The molecule has 0 atom stereocenters. The van der Waals surface area contributed by atoms with E-state index < -0.39 is 10.2 Å². The number of hydrogen-bond acceptors (Lipinski definition) is 3. The first-order chi connectivity index (χ1) is 10.4. The number of rotatable bonds is 6. The van der Waals surface area contributed by atoms with Crippen molar-refractivity contribution in [2.45, 2.75) is 26.3 Å². The summed E-state index contributed by atoms with van der Waals surface area (Å²) in [5.41, 5.74) is 1.10. The fourth-order valence-electron chi connectivity index (χ4n) is 2.50. The quantitative estimate of drug-likeness (QED) is 0.854. The van der Waals surface area contributed by atoms with Crippen molar-refractivity contribution in [1.29, 1.82) is 0 Å². The summed E-state index contributed by atoms with van der Waals surface area (Å²) in [5, 5.41) is 0. The number of benzene rings is 1. The van der Waals surface area contributed by atoms with E-state index in [0.717, 1.165) is 31.6 Å². The monoisotopic (exact) mass is 329 g/mol. The first-order valence-corrected chi connectivity index (χ1v) is 9.05. The van der Waals surface area contributed by atoms with Crippen molar-refractivity contribution in [2.75, 3.05) is 32.7 Å². The maximum atomic E-state index is 12.8. The minimum Gasteiger partial charge on any atom is -0.300 e. The average molecular weight is 329 g/mol. The van der Waals surface area contributed by atoms with Gasteiger partial charge in [0.1, 0.15) is 5.82 Å². The van der Waals surface area contributed by atoms with Crippen LogP contribution in [0.15, 0.2) is 24.3 Å². The van der Waals surface area contributed by atoms with E-state index in [-0.39, 0.29) is 11.9 Å². The molecule has 1 N–H and O–H groups in total. The highest BCUT2D eigenvalue weighted by Crippen LogP contribution is 2.09. The molecule has 0 bridgehead atoms. The lowest BCUT2D eigenvalue weighted by Crippen LogP contribution is -2.53. The van der Waals surface area contributed by atoms with Gasteiger partial charge in [-0.1, -0.05) is 12.1 Å². The number of halogens is 1. The maximum absolute atomic E-state index is 12.8. The van der Waals surface area contributed by atoms with Crippen molar-refractivity contribution in [3.05, 3.63) is 35.6 Å². The highest BCUT2D eigenvalue weighted by molar-refractivity contribution is 7.87. The highest BCUT2D eigenvalue weighted by Gasteiger charge is 2.26. The van der Waals surface area contributed by atoms with Gasteiger partial charge < -0.3 is 4.90 Å². The molecule has 2 rings (SSSR count). The van der Waals surface area contributed by atoms with Crippen molar-refractivity contribution in [3.8, 4) is 0 Å². The van der Waals surface area contributed by atoms with Crippen LogP contribution in [0.3, 0.4) is 0 Å². The van der Waals surface area contributed by atoms with Crippen LogP contribution in [0.5, 0.6) is 0 Å². The third kappa shape index (κ3) is 5.01. The van der Waals surface area contributed by atoms with E-state index in [1.807, 2.05) is 13.8 Å². The van der Waals surface area contributed by atoms with Crippen LogP contribution in [0.2, 0.25) is 0 Å². The lowest BCUT2D eigenvalue weighted by molar-refractivity contribution is 0.188. The zero-order valence-corrected chi connectivity index (χ0v) is 13.9. The fourth-order valence-corrected chi connectivity index (χ4v) is 3.89. The zero-order valence-electron chi connectivity index (χ0n) is 13.1. The lowest BCUT2D eigenvalue weighted by atomic mass is 10.1. The Bertz CT molecular complexity index is 567. The Morgan fingerprint density at radius 3 is 2.27 bits per heavy atom. The molecule has 0 saturated carbocycles. The number of hydrogen-bond donors (Lipinski definition) is 1. The predicted molar refractivity (Wildman–Crippen MR) is 85.3 cm³/mol. The molecule has 0 aliphatic carbocycles. The van der Waals surface area contributed by atoms with Gasteiger partial charge in [0, 0.05) is 38.8 Å². The first kappa shape index (κ1) is 17.3. The van der Waals surface area contributed by atoms with Gasteiger partial charge in [-0.25, -0.2) is 4.39 Å². The molecule has 0 radical (unpaired) electrons. The van der Waals surface area contributed by atoms with Gasteiger partial charge in [-0.05, 0) is 38.0 Å². The first-order valence-electron chi connectivity index (χ1n) is 7.61. The molecule has 7 heteroatoms. The summed E-state index contributed by atoms with van der Waals surface area (Å²) in [5.74, 6) is -0.222. The van der Waals surface area contributed by atoms with Crippen LogP contribution >= 0.6 is 0 Å². The Morgan fingerprint density at radius 1 is 1.14 bits per heavy atom. The molecule has 0 amide bonds. The van der Waals surface area contributed by atoms with E-state index >= 15 is 0 Å². The summed E-state index contributed by atoms with van der Waals surface area (Å²) in [6, 6.07) is 6.43. The summed E-state index contributed by atoms with van der Waals surface area (Å²) in [6.45, 7) is 6.95. The highest BCUT2D eigenvalue weighted by atomic mass is 32.2. The van der Waals surface area contributed by atoms with E-state index in [1.54, 1.807) is 12.1 Å². The second-order valence-electron chi connectivity index (χ2n) is 5.89. The third-order valence-corrected chi connectivity index (χ3v) is 5.50. The molecular weight excluding hydrogens is 305 g/mol. The average Bonchev–Trinajstić information content (AvgIpc) is 2.46. The Hall–Kier alpha value is -1.02. The van der Waals surface area contributed by atoms with E-state index in [1.165, 1.54) is 16.4 Å². The fraction of sp³-hybridized carbons (Fsp3) is 0.600. The molecule has 1 heterocycles. The van der Waals surface area contributed by atoms with Gasteiger partial charge in [-0.15, -0.1) is 0 Å². The van der Waals surface area contributed by atoms with Crippen LogP contribution in [0, 0.1) is 5.82 Å². The van der Waals surface area contributed by atoms with Crippen LogP contribution in [-0.2, 0) is 16.6 Å². The molecular formula is C15H24FN3O2S. The van der Waals surface area contributed by atoms with E-state index in [2.05, 4.69) is 9.62 Å². The number of piperazine rings is 1. The third-order valence-electron chi connectivity index (χ3n) is 3.69. The SMILES string of the molecule is CC(C)NS(=O)(=O)N1CCN(CCc2ccc(F)cc2)CC1. The van der Waals surface area contributed by atoms with Gasteiger partial charge in [0.25, 0.3) is 10.2 Å². The second-order valence-corrected chi connectivity index (χ2v) is 7.60. The van der Waals surface area contributed by atoms with Crippen molar-refractivity contribution < 1.29 is 12.8 Å². The molecule has 124 valence electrons. The van der Waals surface area contributed by atoms with E-state index in [0.29, 0.717) is 13.1 Å². The summed E-state index contributed by atoms with van der Waals surface area (Å²) in [6.07, 6.45) is 0.845. The van der Waals surface area contributed by atoms with Gasteiger partial charge in [0.15, 0.2) is 0 Å². The minimum absolute atomic E-state index is 0.0958. The molecule has 22 heavy (non-hydrogen) atoms. The summed E-state index contributed by atoms with van der Waals surface area (Å²) in [4.78, 5) is 2.24. The smallest absolute Gasteiger partial charge is 0.279 e. The summed E-state index contributed by atoms with van der Waals surface area (Å²) >= 11 is 0. The molecule has 0 spiro atoms. The molecule has 5 nitrogen and oxygen atoms in total. The Morgan fingerprint density at radius 2 is 1.73 bits per heavy atom. The van der Waals surface area contributed by atoms with Crippen LogP contribution in [0.4, 0.5) is 4.39 Å². The normalized spacial score (nSPS) is 18.0. The standard InChI is InChI=1S/C15H24FN3O2S/c1-13(2)17-22(20,21)19-11-9-18(10-12-19)8-7-14-3-5-15(16)6-4-14/h3-6,13,17H,7-12H2,1-2H3. The Kier molecular flexibility index (Phi) is 5.91. The molecule has 1 aromatic rings. The molecule has 1 aliphatic heterocycles. The van der Waals surface area contributed by atoms with Gasteiger partial charge in [0.05, 0.1) is 0 Å². The number of nitrogens with zero attached hydrogens (tertiary/aromatic N) is 2. The van der Waals surface area contributed by atoms with Crippen LogP contribution in [-0.4, -0.2) is 56.4 Å². The molecule has 1 saturated heterocycles. The lowest BCUT2D eigenvalue weighted by Gasteiger charge is -2.34. The predicted octanol–water partition coefficient (Wildman–Crippen LogP) is 1.23. The summed E-state index contributed by atoms with van der Waals surface area (Å²) in [7, 11) is -3.36. The van der Waals surface area contributed by atoms with Crippen LogP contribution in [0.25, 0.3) is 0 Å². The largest absolute Gasteiger partial charge is 0.300 e. The molecule has 1 aromatic carbocycles. The minimum atomic E-state index is -3.36.